The number of hydrogen-bond donors (Lipinski definition) is 1. The Labute approximate surface area is 160 Å². The summed E-state index contributed by atoms with van der Waals surface area (Å²) in [4.78, 5) is 10.9. The monoisotopic (exact) mass is 411 g/mol. The van der Waals surface area contributed by atoms with E-state index in [1.807, 2.05) is 30.3 Å². The van der Waals surface area contributed by atoms with Gasteiger partial charge in [-0.15, -0.1) is 0 Å². The Hall–Kier alpha value is -2.79. The van der Waals surface area contributed by atoms with Crippen molar-refractivity contribution in [2.75, 3.05) is 7.11 Å². The number of benzene rings is 3. The smallest absolute Gasteiger partial charge is 0.241 e. The van der Waals surface area contributed by atoms with Gasteiger partial charge in [-0.05, 0) is 56.0 Å². The number of amides is 1. The van der Waals surface area contributed by atoms with E-state index in [0.717, 1.165) is 21.0 Å². The Balaban J connectivity index is 1.88. The molecule has 3 rings (SSSR count). The van der Waals surface area contributed by atoms with Gasteiger partial charge in [0.05, 0.1) is 11.6 Å². The van der Waals surface area contributed by atoms with Crippen molar-refractivity contribution in [3.05, 3.63) is 76.3 Å². The van der Waals surface area contributed by atoms with E-state index in [-0.39, 0.29) is 0 Å². The van der Waals surface area contributed by atoms with Gasteiger partial charge in [0, 0.05) is 6.08 Å². The molecule has 0 fully saturated rings. The number of carbonyl (C=O) groups is 1. The molecule has 2 N–H and O–H groups in total. The molecule has 0 aliphatic carbocycles. The van der Waals surface area contributed by atoms with Crippen LogP contribution in [0.15, 0.2) is 65.1 Å². The molecule has 0 saturated heterocycles. The van der Waals surface area contributed by atoms with E-state index in [2.05, 4.69) is 34.1 Å². The normalized spacial score (nSPS) is 11.0. The molecule has 0 atom stereocenters. The maximum Gasteiger partial charge on any atom is 0.241 e. The highest BCUT2D eigenvalue weighted by atomic mass is 79.9. The highest BCUT2D eigenvalue weighted by Gasteiger charge is 2.12. The molecule has 5 heteroatoms. The summed E-state index contributed by atoms with van der Waals surface area (Å²) in [6, 6.07) is 18.0. The van der Waals surface area contributed by atoms with Crippen LogP contribution in [0.1, 0.15) is 11.1 Å². The summed E-state index contributed by atoms with van der Waals surface area (Å²) in [5.41, 5.74) is 7.02. The molecular weight excluding hydrogens is 394 g/mol. The Morgan fingerprint density at radius 3 is 2.69 bits per heavy atom. The van der Waals surface area contributed by atoms with Crippen LogP contribution in [0.25, 0.3) is 16.8 Å². The second-order valence-electron chi connectivity index (χ2n) is 5.70. The van der Waals surface area contributed by atoms with Crippen LogP contribution in [0.4, 0.5) is 0 Å². The van der Waals surface area contributed by atoms with Gasteiger partial charge in [-0.3, -0.25) is 4.79 Å². The number of ether oxygens (including phenoxy) is 2. The predicted molar refractivity (Wildman–Crippen MR) is 107 cm³/mol. The number of primary amides is 1. The summed E-state index contributed by atoms with van der Waals surface area (Å²) in [5, 5.41) is 2.33. The van der Waals surface area contributed by atoms with E-state index < -0.39 is 5.91 Å². The quantitative estimate of drug-likeness (QED) is 0.598. The largest absolute Gasteiger partial charge is 0.493 e. The molecule has 132 valence electrons. The van der Waals surface area contributed by atoms with Gasteiger partial charge in [0.2, 0.25) is 5.91 Å². The second-order valence-corrected chi connectivity index (χ2v) is 6.55. The number of nitrogens with two attached hydrogens (primary N) is 1. The van der Waals surface area contributed by atoms with Crippen LogP contribution in [0, 0.1) is 0 Å². The lowest BCUT2D eigenvalue weighted by Crippen LogP contribution is -2.05. The van der Waals surface area contributed by atoms with Crippen molar-refractivity contribution in [2.45, 2.75) is 6.61 Å². The number of halogens is 1. The highest BCUT2D eigenvalue weighted by Crippen LogP contribution is 2.37. The van der Waals surface area contributed by atoms with Crippen LogP contribution >= 0.6 is 15.9 Å². The van der Waals surface area contributed by atoms with E-state index in [4.69, 9.17) is 15.2 Å². The van der Waals surface area contributed by atoms with Crippen molar-refractivity contribution in [3.63, 3.8) is 0 Å². The molecule has 0 aliphatic heterocycles. The molecule has 0 radical (unpaired) electrons. The topological polar surface area (TPSA) is 61.5 Å². The van der Waals surface area contributed by atoms with Gasteiger partial charge in [0.15, 0.2) is 11.5 Å². The Morgan fingerprint density at radius 2 is 1.92 bits per heavy atom. The number of fused-ring (bicyclic) bond motifs is 1. The zero-order valence-electron chi connectivity index (χ0n) is 14.2. The number of carbonyl (C=O) groups excluding carboxylic acids is 1. The number of rotatable bonds is 6. The first-order chi connectivity index (χ1) is 12.6. The fraction of sp³-hybridized carbons (Fsp3) is 0.0952. The van der Waals surface area contributed by atoms with E-state index in [1.165, 1.54) is 11.5 Å². The fourth-order valence-corrected chi connectivity index (χ4v) is 3.30. The van der Waals surface area contributed by atoms with Gasteiger partial charge in [0.25, 0.3) is 0 Å². The predicted octanol–water partition coefficient (Wildman–Crippen LogP) is 4.69. The third-order valence-electron chi connectivity index (χ3n) is 3.94. The minimum atomic E-state index is -0.503. The molecule has 1 amide bonds. The molecule has 3 aromatic rings. The lowest BCUT2D eigenvalue weighted by Gasteiger charge is -2.14. The molecule has 0 spiro atoms. The lowest BCUT2D eigenvalue weighted by atomic mass is 10.1. The van der Waals surface area contributed by atoms with Crippen molar-refractivity contribution < 1.29 is 14.3 Å². The first-order valence-corrected chi connectivity index (χ1v) is 8.82. The van der Waals surface area contributed by atoms with Gasteiger partial charge in [-0.2, -0.15) is 0 Å². The summed E-state index contributed by atoms with van der Waals surface area (Å²) >= 11 is 3.51. The van der Waals surface area contributed by atoms with Crippen LogP contribution < -0.4 is 15.2 Å². The molecule has 3 aromatic carbocycles. The summed E-state index contributed by atoms with van der Waals surface area (Å²) in [7, 11) is 1.58. The standard InChI is InChI=1S/C21H18BrNO3/c1-25-19-12-14(9-10-20(23)24)11-18(22)21(19)26-13-16-7-4-6-15-5-2-3-8-17(15)16/h2-12H,13H2,1H3,(H2,23,24)/b10-9+. The molecule has 0 heterocycles. The third kappa shape index (κ3) is 4.06. The van der Waals surface area contributed by atoms with Gasteiger partial charge < -0.3 is 15.2 Å². The highest BCUT2D eigenvalue weighted by molar-refractivity contribution is 9.10. The molecule has 4 nitrogen and oxygen atoms in total. The van der Waals surface area contributed by atoms with Crippen molar-refractivity contribution in [3.8, 4) is 11.5 Å². The molecule has 0 aliphatic rings. The van der Waals surface area contributed by atoms with Gasteiger partial charge in [-0.1, -0.05) is 42.5 Å². The maximum atomic E-state index is 10.9. The Kier molecular flexibility index (Phi) is 5.58. The van der Waals surface area contributed by atoms with E-state index in [1.54, 1.807) is 19.3 Å². The second kappa shape index (κ2) is 8.06. The minimum absolute atomic E-state index is 0.410. The molecule has 0 unspecified atom stereocenters. The summed E-state index contributed by atoms with van der Waals surface area (Å²) in [5.74, 6) is 0.678. The molecule has 26 heavy (non-hydrogen) atoms. The van der Waals surface area contributed by atoms with E-state index >= 15 is 0 Å². The maximum absolute atomic E-state index is 10.9. The van der Waals surface area contributed by atoms with Crippen molar-refractivity contribution in [2.24, 2.45) is 5.73 Å². The van der Waals surface area contributed by atoms with E-state index in [9.17, 15) is 4.79 Å². The van der Waals surface area contributed by atoms with Crippen LogP contribution in [-0.2, 0) is 11.4 Å². The third-order valence-corrected chi connectivity index (χ3v) is 4.53. The molecular formula is C21H18BrNO3. The van der Waals surface area contributed by atoms with Crippen molar-refractivity contribution >= 4 is 38.7 Å². The van der Waals surface area contributed by atoms with Gasteiger partial charge >= 0.3 is 0 Å². The van der Waals surface area contributed by atoms with Crippen LogP contribution in [-0.4, -0.2) is 13.0 Å². The zero-order valence-corrected chi connectivity index (χ0v) is 15.8. The van der Waals surface area contributed by atoms with Gasteiger partial charge in [0.1, 0.15) is 6.61 Å². The first kappa shape index (κ1) is 18.0. The summed E-state index contributed by atoms with van der Waals surface area (Å²) in [6.07, 6.45) is 2.93. The van der Waals surface area contributed by atoms with Crippen LogP contribution in [0.2, 0.25) is 0 Å². The zero-order chi connectivity index (χ0) is 18.5. The number of hydrogen-bond acceptors (Lipinski definition) is 3. The van der Waals surface area contributed by atoms with Crippen LogP contribution in [0.5, 0.6) is 11.5 Å². The fourth-order valence-electron chi connectivity index (χ4n) is 2.72. The molecule has 0 aromatic heterocycles. The Morgan fingerprint density at radius 1 is 1.15 bits per heavy atom. The van der Waals surface area contributed by atoms with Crippen molar-refractivity contribution in [1.29, 1.82) is 0 Å². The molecule has 0 saturated carbocycles. The van der Waals surface area contributed by atoms with Crippen molar-refractivity contribution in [1.82, 2.24) is 0 Å². The first-order valence-electron chi connectivity index (χ1n) is 8.03. The molecule has 0 bridgehead atoms. The van der Waals surface area contributed by atoms with Gasteiger partial charge in [-0.25, -0.2) is 0 Å². The van der Waals surface area contributed by atoms with Crippen LogP contribution in [0.3, 0.4) is 0 Å². The SMILES string of the molecule is COc1cc(/C=C/C(N)=O)cc(Br)c1OCc1cccc2ccccc12. The number of methoxy groups -OCH3 is 1. The Bertz CT molecular complexity index is 977. The summed E-state index contributed by atoms with van der Waals surface area (Å²) in [6.45, 7) is 0.410. The minimum Gasteiger partial charge on any atom is -0.493 e. The lowest BCUT2D eigenvalue weighted by molar-refractivity contribution is -0.113. The summed E-state index contributed by atoms with van der Waals surface area (Å²) < 4.78 is 12.2. The average Bonchev–Trinajstić information content (AvgIpc) is 2.65. The average molecular weight is 412 g/mol. The van der Waals surface area contributed by atoms with E-state index in [0.29, 0.717) is 18.1 Å².